The zero-order valence-electron chi connectivity index (χ0n) is 16.6. The lowest BCUT2D eigenvalue weighted by Crippen LogP contribution is -2.16. The molecule has 8 heteroatoms. The second-order valence-electron chi connectivity index (χ2n) is 7.19. The Morgan fingerprint density at radius 1 is 1.28 bits per heavy atom. The third kappa shape index (κ3) is 3.53. The van der Waals surface area contributed by atoms with Gasteiger partial charge in [0.2, 0.25) is 0 Å². The third-order valence-electron chi connectivity index (χ3n) is 4.80. The first-order valence-electron chi connectivity index (χ1n) is 9.56. The Bertz CT molecular complexity index is 1250. The molecule has 1 aromatic carbocycles. The Morgan fingerprint density at radius 3 is 2.86 bits per heavy atom. The number of nitrogens with zero attached hydrogens (tertiary/aromatic N) is 4. The van der Waals surface area contributed by atoms with Gasteiger partial charge in [-0.1, -0.05) is 12.1 Å². The average Bonchev–Trinajstić information content (AvgIpc) is 3.24. The fourth-order valence-electron chi connectivity index (χ4n) is 3.34. The summed E-state index contributed by atoms with van der Waals surface area (Å²) >= 11 is 0. The van der Waals surface area contributed by atoms with Crippen molar-refractivity contribution in [3.05, 3.63) is 58.3 Å². The molecule has 0 N–H and O–H groups in total. The van der Waals surface area contributed by atoms with Crippen LogP contribution < -0.4 is 5.76 Å². The van der Waals surface area contributed by atoms with Crippen LogP contribution >= 0.6 is 0 Å². The molecule has 0 radical (unpaired) electrons. The van der Waals surface area contributed by atoms with Crippen molar-refractivity contribution in [2.45, 2.75) is 39.8 Å². The van der Waals surface area contributed by atoms with Gasteiger partial charge < -0.3 is 9.15 Å². The summed E-state index contributed by atoms with van der Waals surface area (Å²) in [5.41, 5.74) is 3.05. The highest BCUT2D eigenvalue weighted by Gasteiger charge is 2.16. The molecule has 0 saturated carbocycles. The van der Waals surface area contributed by atoms with Gasteiger partial charge in [0, 0.05) is 18.0 Å². The van der Waals surface area contributed by atoms with E-state index in [4.69, 9.17) is 9.15 Å². The third-order valence-corrected chi connectivity index (χ3v) is 4.80. The summed E-state index contributed by atoms with van der Waals surface area (Å²) in [5.74, 6) is -0.844. The first-order chi connectivity index (χ1) is 14.0. The molecule has 3 heterocycles. The second-order valence-corrected chi connectivity index (χ2v) is 7.19. The van der Waals surface area contributed by atoms with E-state index in [-0.39, 0.29) is 12.6 Å². The van der Waals surface area contributed by atoms with E-state index in [1.807, 2.05) is 36.7 Å². The minimum absolute atomic E-state index is 0.180. The van der Waals surface area contributed by atoms with Gasteiger partial charge in [0.25, 0.3) is 0 Å². The second kappa shape index (κ2) is 7.54. The highest BCUT2D eigenvalue weighted by Crippen LogP contribution is 2.20. The predicted molar refractivity (Wildman–Crippen MR) is 108 cm³/mol. The van der Waals surface area contributed by atoms with Gasteiger partial charge in [-0.05, 0) is 45.4 Å². The van der Waals surface area contributed by atoms with Crippen molar-refractivity contribution in [1.82, 2.24) is 19.3 Å². The normalized spacial score (nSPS) is 11.6. The van der Waals surface area contributed by atoms with Crippen molar-refractivity contribution in [2.75, 3.05) is 6.61 Å². The molecular weight excluding hydrogens is 372 g/mol. The lowest BCUT2D eigenvalue weighted by molar-refractivity contribution is 0.0494. The molecule has 0 saturated heterocycles. The number of hydrogen-bond acceptors (Lipinski definition) is 6. The topological polar surface area (TPSA) is 92.2 Å². The zero-order chi connectivity index (χ0) is 20.5. The van der Waals surface area contributed by atoms with Crippen molar-refractivity contribution in [2.24, 2.45) is 0 Å². The van der Waals surface area contributed by atoms with Crippen molar-refractivity contribution >= 4 is 28.1 Å². The number of oxazole rings is 1. The number of aromatic nitrogens is 4. The maximum absolute atomic E-state index is 12.5. The molecule has 3 aromatic heterocycles. The van der Waals surface area contributed by atoms with Gasteiger partial charge in [-0.2, -0.15) is 5.10 Å². The van der Waals surface area contributed by atoms with Crippen LogP contribution in [-0.4, -0.2) is 31.9 Å². The fourth-order valence-corrected chi connectivity index (χ4v) is 3.34. The van der Waals surface area contributed by atoms with Crippen LogP contribution in [0.4, 0.5) is 0 Å². The number of para-hydroxylation sites is 2. The molecule has 4 aromatic rings. The van der Waals surface area contributed by atoms with Gasteiger partial charge in [-0.25, -0.2) is 19.3 Å². The Hall–Kier alpha value is -3.42. The lowest BCUT2D eigenvalue weighted by atomic mass is 10.2. The van der Waals surface area contributed by atoms with Crippen LogP contribution in [0.25, 0.3) is 22.1 Å². The zero-order valence-corrected chi connectivity index (χ0v) is 16.6. The van der Waals surface area contributed by atoms with E-state index in [9.17, 15) is 9.59 Å². The van der Waals surface area contributed by atoms with E-state index in [0.717, 1.165) is 16.6 Å². The van der Waals surface area contributed by atoms with E-state index in [1.54, 1.807) is 29.8 Å². The highest BCUT2D eigenvalue weighted by atomic mass is 16.5. The smallest absolute Gasteiger partial charge is 0.419 e. The van der Waals surface area contributed by atoms with Crippen molar-refractivity contribution in [3.63, 3.8) is 0 Å². The predicted octanol–water partition coefficient (Wildman–Crippen LogP) is 3.48. The molecule has 0 amide bonds. The van der Waals surface area contributed by atoms with Crippen LogP contribution in [0.2, 0.25) is 0 Å². The summed E-state index contributed by atoms with van der Waals surface area (Å²) in [5, 5.41) is 5.13. The quantitative estimate of drug-likeness (QED) is 0.367. The number of benzene rings is 1. The van der Waals surface area contributed by atoms with Gasteiger partial charge in [-0.3, -0.25) is 4.57 Å². The van der Waals surface area contributed by atoms with Crippen LogP contribution in [-0.2, 0) is 11.3 Å². The molecule has 0 unspecified atom stereocenters. The SMILES string of the molecule is Cc1nc2c(cnn2C(C)C)cc1C(=O)OCCCn1c(=O)oc2ccccc21. The summed E-state index contributed by atoms with van der Waals surface area (Å²) in [7, 11) is 0. The number of aryl methyl sites for hydroxylation is 2. The number of fused-ring (bicyclic) bond motifs is 2. The Balaban J connectivity index is 1.43. The van der Waals surface area contributed by atoms with Crippen molar-refractivity contribution < 1.29 is 13.9 Å². The first-order valence-corrected chi connectivity index (χ1v) is 9.56. The van der Waals surface area contributed by atoms with Crippen LogP contribution in [0.1, 0.15) is 42.4 Å². The van der Waals surface area contributed by atoms with Gasteiger partial charge in [-0.15, -0.1) is 0 Å². The molecule has 8 nitrogen and oxygen atoms in total. The summed E-state index contributed by atoms with van der Waals surface area (Å²) < 4.78 is 14.0. The molecule has 0 aliphatic heterocycles. The van der Waals surface area contributed by atoms with Crippen LogP contribution in [0, 0.1) is 6.92 Å². The molecule has 29 heavy (non-hydrogen) atoms. The summed E-state index contributed by atoms with van der Waals surface area (Å²) in [6.45, 7) is 6.43. The Morgan fingerprint density at radius 2 is 2.07 bits per heavy atom. The maximum Gasteiger partial charge on any atom is 0.419 e. The van der Waals surface area contributed by atoms with Crippen LogP contribution in [0.5, 0.6) is 0 Å². The van der Waals surface area contributed by atoms with Crippen LogP contribution in [0.3, 0.4) is 0 Å². The van der Waals surface area contributed by atoms with E-state index in [1.165, 1.54) is 0 Å². The minimum Gasteiger partial charge on any atom is -0.462 e. The number of hydrogen-bond donors (Lipinski definition) is 0. The lowest BCUT2D eigenvalue weighted by Gasteiger charge is -2.09. The summed E-state index contributed by atoms with van der Waals surface area (Å²) in [4.78, 5) is 29.0. The largest absolute Gasteiger partial charge is 0.462 e. The number of carbonyl (C=O) groups is 1. The molecule has 0 aliphatic carbocycles. The summed E-state index contributed by atoms with van der Waals surface area (Å²) in [6.07, 6.45) is 2.20. The molecule has 4 rings (SSSR count). The van der Waals surface area contributed by atoms with Gasteiger partial charge in [0.1, 0.15) is 0 Å². The van der Waals surface area contributed by atoms with E-state index in [2.05, 4.69) is 10.1 Å². The van der Waals surface area contributed by atoms with Crippen LogP contribution in [0.15, 0.2) is 45.7 Å². The van der Waals surface area contributed by atoms with E-state index < -0.39 is 11.7 Å². The fraction of sp³-hybridized carbons (Fsp3) is 0.333. The molecule has 0 bridgehead atoms. The number of pyridine rings is 1. The highest BCUT2D eigenvalue weighted by molar-refractivity contribution is 5.94. The Kier molecular flexibility index (Phi) is 4.92. The molecular formula is C21H22N4O4. The van der Waals surface area contributed by atoms with Gasteiger partial charge in [0.15, 0.2) is 11.2 Å². The monoisotopic (exact) mass is 394 g/mol. The molecule has 0 fully saturated rings. The average molecular weight is 394 g/mol. The van der Waals surface area contributed by atoms with Gasteiger partial charge >= 0.3 is 11.7 Å². The molecule has 0 aliphatic rings. The van der Waals surface area contributed by atoms with E-state index >= 15 is 0 Å². The first kappa shape index (κ1) is 18.9. The Labute approximate surface area is 166 Å². The standard InChI is InChI=1S/C21H22N4O4/c1-13(2)25-19-15(12-22-25)11-16(14(3)23-19)20(26)28-10-6-9-24-17-7-4-5-8-18(17)29-21(24)27/h4-5,7-8,11-13H,6,9-10H2,1-3H3. The molecule has 0 spiro atoms. The van der Waals surface area contributed by atoms with Gasteiger partial charge in [0.05, 0.1) is 29.6 Å². The number of esters is 1. The van der Waals surface area contributed by atoms with Crippen molar-refractivity contribution in [1.29, 1.82) is 0 Å². The number of ether oxygens (including phenoxy) is 1. The molecule has 150 valence electrons. The maximum atomic E-state index is 12.5. The number of carbonyl (C=O) groups excluding carboxylic acids is 1. The molecule has 0 atom stereocenters. The number of rotatable bonds is 6. The summed E-state index contributed by atoms with van der Waals surface area (Å²) in [6, 6.07) is 9.19. The van der Waals surface area contributed by atoms with E-state index in [0.29, 0.717) is 29.8 Å². The van der Waals surface area contributed by atoms with Crippen molar-refractivity contribution in [3.8, 4) is 0 Å². The minimum atomic E-state index is -0.432.